The lowest BCUT2D eigenvalue weighted by Crippen LogP contribution is -2.03. The molecular formula is C23H13BrN2O. The van der Waals surface area contributed by atoms with E-state index in [0.29, 0.717) is 28.3 Å². The third-order valence-electron chi connectivity index (χ3n) is 4.71. The Balaban J connectivity index is 1.82. The first-order valence-electron chi connectivity index (χ1n) is 8.60. The molecule has 0 aliphatic heterocycles. The van der Waals surface area contributed by atoms with Crippen molar-refractivity contribution in [2.45, 2.75) is 0 Å². The van der Waals surface area contributed by atoms with Crippen LogP contribution in [-0.2, 0) is 0 Å². The highest BCUT2D eigenvalue weighted by Crippen LogP contribution is 2.40. The summed E-state index contributed by atoms with van der Waals surface area (Å²) < 4.78 is 0.996. The van der Waals surface area contributed by atoms with Gasteiger partial charge in [0.2, 0.25) is 0 Å². The molecule has 3 aromatic carbocycles. The van der Waals surface area contributed by atoms with Gasteiger partial charge < -0.3 is 0 Å². The summed E-state index contributed by atoms with van der Waals surface area (Å²) in [6, 6.07) is 25.3. The lowest BCUT2D eigenvalue weighted by Gasteiger charge is -2.10. The van der Waals surface area contributed by atoms with Gasteiger partial charge in [-0.3, -0.25) is 4.79 Å². The summed E-state index contributed by atoms with van der Waals surface area (Å²) in [4.78, 5) is 22.7. The van der Waals surface area contributed by atoms with Gasteiger partial charge >= 0.3 is 0 Å². The summed E-state index contributed by atoms with van der Waals surface area (Å²) >= 11 is 3.46. The largest absolute Gasteiger partial charge is 0.288 e. The van der Waals surface area contributed by atoms with Gasteiger partial charge in [0.25, 0.3) is 0 Å². The molecule has 5 rings (SSSR count). The van der Waals surface area contributed by atoms with Gasteiger partial charge in [-0.15, -0.1) is 0 Å². The Hall–Kier alpha value is -3.11. The molecule has 0 saturated carbocycles. The van der Waals surface area contributed by atoms with Crippen LogP contribution in [0.5, 0.6) is 0 Å². The molecule has 27 heavy (non-hydrogen) atoms. The number of aromatic nitrogens is 2. The van der Waals surface area contributed by atoms with Crippen LogP contribution in [0.25, 0.3) is 33.9 Å². The Morgan fingerprint density at radius 2 is 1.26 bits per heavy atom. The summed E-state index contributed by atoms with van der Waals surface area (Å²) in [6.45, 7) is 0. The number of rotatable bonds is 2. The van der Waals surface area contributed by atoms with Crippen LogP contribution in [0.4, 0.5) is 0 Å². The van der Waals surface area contributed by atoms with E-state index in [4.69, 9.17) is 9.97 Å². The zero-order valence-corrected chi connectivity index (χ0v) is 15.8. The summed E-state index contributed by atoms with van der Waals surface area (Å²) in [6.07, 6.45) is 0. The quantitative estimate of drug-likeness (QED) is 0.368. The van der Waals surface area contributed by atoms with Crippen molar-refractivity contribution in [1.82, 2.24) is 9.97 Å². The lowest BCUT2D eigenvalue weighted by atomic mass is 10.0. The SMILES string of the molecule is O=C1c2ccccc2-c2nc(-c3ccc(Br)cc3)nc(-c3ccccc3)c21. The minimum absolute atomic E-state index is 0.0122. The van der Waals surface area contributed by atoms with E-state index in [1.165, 1.54) is 0 Å². The Kier molecular flexibility index (Phi) is 3.73. The van der Waals surface area contributed by atoms with E-state index >= 15 is 0 Å². The molecule has 0 atom stereocenters. The number of ketones is 1. The average molecular weight is 413 g/mol. The van der Waals surface area contributed by atoms with Crippen molar-refractivity contribution in [2.75, 3.05) is 0 Å². The van der Waals surface area contributed by atoms with Gasteiger partial charge in [-0.2, -0.15) is 0 Å². The van der Waals surface area contributed by atoms with Gasteiger partial charge in [-0.25, -0.2) is 9.97 Å². The number of nitrogens with zero attached hydrogens (tertiary/aromatic N) is 2. The van der Waals surface area contributed by atoms with Gasteiger partial charge in [0.15, 0.2) is 11.6 Å². The molecule has 0 radical (unpaired) electrons. The molecule has 1 aliphatic carbocycles. The summed E-state index contributed by atoms with van der Waals surface area (Å²) in [5.41, 5.74) is 5.36. The van der Waals surface area contributed by atoms with Crippen LogP contribution >= 0.6 is 15.9 Å². The van der Waals surface area contributed by atoms with Crippen LogP contribution in [0.2, 0.25) is 0 Å². The molecule has 1 heterocycles. The van der Waals surface area contributed by atoms with Gasteiger partial charge in [0.05, 0.1) is 17.0 Å². The monoisotopic (exact) mass is 412 g/mol. The average Bonchev–Trinajstić information content (AvgIpc) is 3.01. The number of hydrogen-bond acceptors (Lipinski definition) is 3. The minimum atomic E-state index is -0.0122. The fourth-order valence-corrected chi connectivity index (χ4v) is 3.69. The molecule has 0 spiro atoms. The van der Waals surface area contributed by atoms with E-state index in [0.717, 1.165) is 21.2 Å². The second kappa shape index (κ2) is 6.25. The van der Waals surface area contributed by atoms with Crippen molar-refractivity contribution >= 4 is 21.7 Å². The van der Waals surface area contributed by atoms with Crippen LogP contribution in [-0.4, -0.2) is 15.8 Å². The molecule has 1 aromatic heterocycles. The summed E-state index contributed by atoms with van der Waals surface area (Å²) in [7, 11) is 0. The molecule has 0 amide bonds. The summed E-state index contributed by atoms with van der Waals surface area (Å²) in [5.74, 6) is 0.603. The predicted octanol–water partition coefficient (Wildman–Crippen LogP) is 5.78. The van der Waals surface area contributed by atoms with E-state index in [9.17, 15) is 4.79 Å². The van der Waals surface area contributed by atoms with E-state index < -0.39 is 0 Å². The molecule has 4 heteroatoms. The highest BCUT2D eigenvalue weighted by Gasteiger charge is 2.32. The molecule has 0 saturated heterocycles. The standard InChI is InChI=1S/C23H13BrN2O/c24-16-12-10-15(11-13-16)23-25-20(14-6-2-1-3-7-14)19-21(26-23)17-8-4-5-9-18(17)22(19)27/h1-13H. The van der Waals surface area contributed by atoms with Crippen molar-refractivity contribution < 1.29 is 4.79 Å². The first-order chi connectivity index (χ1) is 13.2. The Morgan fingerprint density at radius 1 is 0.630 bits per heavy atom. The third-order valence-corrected chi connectivity index (χ3v) is 5.24. The maximum atomic E-state index is 13.1. The summed E-state index contributed by atoms with van der Waals surface area (Å²) in [5, 5.41) is 0. The molecule has 0 unspecified atom stereocenters. The molecule has 0 bridgehead atoms. The number of hydrogen-bond donors (Lipinski definition) is 0. The minimum Gasteiger partial charge on any atom is -0.288 e. The van der Waals surface area contributed by atoms with Crippen LogP contribution in [0.3, 0.4) is 0 Å². The topological polar surface area (TPSA) is 42.9 Å². The molecule has 3 nitrogen and oxygen atoms in total. The van der Waals surface area contributed by atoms with E-state index in [1.807, 2.05) is 78.9 Å². The van der Waals surface area contributed by atoms with E-state index in [1.54, 1.807) is 0 Å². The first-order valence-corrected chi connectivity index (χ1v) is 9.39. The van der Waals surface area contributed by atoms with Gasteiger partial charge in [-0.1, -0.05) is 82.7 Å². The van der Waals surface area contributed by atoms with Crippen LogP contribution in [0, 0.1) is 0 Å². The van der Waals surface area contributed by atoms with E-state index in [-0.39, 0.29) is 5.78 Å². The highest BCUT2D eigenvalue weighted by molar-refractivity contribution is 9.10. The smallest absolute Gasteiger partial charge is 0.198 e. The molecule has 128 valence electrons. The normalized spacial score (nSPS) is 12.0. The fraction of sp³-hybridized carbons (Fsp3) is 0. The Labute approximate surface area is 164 Å². The Morgan fingerprint density at radius 3 is 2.00 bits per heavy atom. The molecule has 4 aromatic rings. The van der Waals surface area contributed by atoms with Crippen molar-refractivity contribution in [3.05, 3.63) is 94.5 Å². The molecule has 0 N–H and O–H groups in total. The predicted molar refractivity (Wildman–Crippen MR) is 109 cm³/mol. The number of carbonyl (C=O) groups excluding carboxylic acids is 1. The molecular weight excluding hydrogens is 400 g/mol. The van der Waals surface area contributed by atoms with Crippen molar-refractivity contribution in [1.29, 1.82) is 0 Å². The zero-order chi connectivity index (χ0) is 18.4. The number of carbonyl (C=O) groups is 1. The van der Waals surface area contributed by atoms with Crippen molar-refractivity contribution in [3.8, 4) is 33.9 Å². The van der Waals surface area contributed by atoms with Gasteiger partial charge in [0.1, 0.15) is 0 Å². The van der Waals surface area contributed by atoms with Crippen LogP contribution in [0.15, 0.2) is 83.3 Å². The first kappa shape index (κ1) is 16.1. The van der Waals surface area contributed by atoms with Crippen LogP contribution < -0.4 is 0 Å². The second-order valence-corrected chi connectivity index (χ2v) is 7.28. The van der Waals surface area contributed by atoms with Gasteiger partial charge in [0, 0.05) is 26.7 Å². The number of fused-ring (bicyclic) bond motifs is 3. The second-order valence-electron chi connectivity index (χ2n) is 6.37. The molecule has 0 fully saturated rings. The number of benzene rings is 3. The fourth-order valence-electron chi connectivity index (χ4n) is 3.43. The van der Waals surface area contributed by atoms with Crippen molar-refractivity contribution in [3.63, 3.8) is 0 Å². The maximum absolute atomic E-state index is 13.1. The Bertz CT molecular complexity index is 1180. The zero-order valence-electron chi connectivity index (χ0n) is 14.2. The lowest BCUT2D eigenvalue weighted by molar-refractivity contribution is 0.104. The highest BCUT2D eigenvalue weighted by atomic mass is 79.9. The van der Waals surface area contributed by atoms with Crippen LogP contribution in [0.1, 0.15) is 15.9 Å². The van der Waals surface area contributed by atoms with Crippen molar-refractivity contribution in [2.24, 2.45) is 0 Å². The maximum Gasteiger partial charge on any atom is 0.198 e. The van der Waals surface area contributed by atoms with Gasteiger partial charge in [-0.05, 0) is 12.1 Å². The number of halogens is 1. The molecule has 1 aliphatic rings. The third kappa shape index (κ3) is 2.61. The van der Waals surface area contributed by atoms with E-state index in [2.05, 4.69) is 15.9 Å².